The number of carbonyl (C=O) groups excluding carboxylic acids is 1. The molecule has 0 saturated carbocycles. The lowest BCUT2D eigenvalue weighted by Gasteiger charge is -2.27. The molecule has 0 saturated heterocycles. The highest BCUT2D eigenvalue weighted by molar-refractivity contribution is 5.77. The zero-order chi connectivity index (χ0) is 13.9. The van der Waals surface area contributed by atoms with Crippen molar-refractivity contribution in [3.63, 3.8) is 0 Å². The van der Waals surface area contributed by atoms with Crippen molar-refractivity contribution in [2.75, 3.05) is 18.5 Å². The van der Waals surface area contributed by atoms with E-state index in [9.17, 15) is 4.79 Å². The molecule has 1 amide bonds. The fraction of sp³-hybridized carbons (Fsp3) is 0.533. The first-order valence-electron chi connectivity index (χ1n) is 6.68. The van der Waals surface area contributed by atoms with Gasteiger partial charge in [-0.2, -0.15) is 0 Å². The van der Waals surface area contributed by atoms with Crippen LogP contribution in [0.25, 0.3) is 0 Å². The summed E-state index contributed by atoms with van der Waals surface area (Å²) < 4.78 is 5.67. The molecule has 0 aromatic heterocycles. The molecule has 1 atom stereocenters. The molecule has 4 heteroatoms. The van der Waals surface area contributed by atoms with Crippen molar-refractivity contribution < 1.29 is 9.53 Å². The Kier molecular flexibility index (Phi) is 4.10. The molecule has 1 unspecified atom stereocenters. The van der Waals surface area contributed by atoms with Crippen molar-refractivity contribution in [1.29, 1.82) is 0 Å². The number of fused-ring (bicyclic) bond motifs is 1. The summed E-state index contributed by atoms with van der Waals surface area (Å²) in [6.45, 7) is 6.75. The highest BCUT2D eigenvalue weighted by atomic mass is 16.5. The second-order valence-corrected chi connectivity index (χ2v) is 5.97. The van der Waals surface area contributed by atoms with Gasteiger partial charge in [0.15, 0.2) is 0 Å². The monoisotopic (exact) mass is 262 g/mol. The lowest BCUT2D eigenvalue weighted by Crippen LogP contribution is -2.43. The van der Waals surface area contributed by atoms with E-state index >= 15 is 0 Å². The number of hydrogen-bond donors (Lipinski definition) is 2. The normalized spacial score (nSPS) is 18.4. The van der Waals surface area contributed by atoms with E-state index in [2.05, 4.69) is 22.8 Å². The minimum absolute atomic E-state index is 0.0561. The molecular weight excluding hydrogens is 240 g/mol. The lowest BCUT2D eigenvalue weighted by molar-refractivity contribution is -0.128. The van der Waals surface area contributed by atoms with E-state index in [1.165, 1.54) is 11.3 Å². The van der Waals surface area contributed by atoms with Gasteiger partial charge in [-0.3, -0.25) is 4.79 Å². The molecule has 0 bridgehead atoms. The second-order valence-electron chi connectivity index (χ2n) is 5.97. The molecule has 1 aliphatic heterocycles. The van der Waals surface area contributed by atoms with Crippen LogP contribution in [0.5, 0.6) is 0 Å². The highest BCUT2D eigenvalue weighted by Gasteiger charge is 2.20. The average Bonchev–Trinajstić information content (AvgIpc) is 2.34. The van der Waals surface area contributed by atoms with Gasteiger partial charge in [-0.1, -0.05) is 18.2 Å². The zero-order valence-electron chi connectivity index (χ0n) is 11.8. The Labute approximate surface area is 114 Å². The number of benzene rings is 1. The summed E-state index contributed by atoms with van der Waals surface area (Å²) in [6.07, 6.45) is 0.909. The van der Waals surface area contributed by atoms with E-state index in [-0.39, 0.29) is 24.2 Å². The summed E-state index contributed by atoms with van der Waals surface area (Å²) in [5.41, 5.74) is 2.20. The molecule has 2 rings (SSSR count). The van der Waals surface area contributed by atoms with Crippen LogP contribution < -0.4 is 10.6 Å². The number of para-hydroxylation sites is 1. The van der Waals surface area contributed by atoms with Crippen molar-refractivity contribution in [2.45, 2.75) is 38.8 Å². The molecule has 4 nitrogen and oxygen atoms in total. The first kappa shape index (κ1) is 13.9. The fourth-order valence-corrected chi connectivity index (χ4v) is 2.18. The maximum atomic E-state index is 11.7. The number of carbonyl (C=O) groups is 1. The highest BCUT2D eigenvalue weighted by Crippen LogP contribution is 2.22. The van der Waals surface area contributed by atoms with Gasteiger partial charge in [0.25, 0.3) is 0 Å². The van der Waals surface area contributed by atoms with E-state index in [0.29, 0.717) is 0 Å². The van der Waals surface area contributed by atoms with Crippen LogP contribution in [-0.4, -0.2) is 30.7 Å². The third-order valence-corrected chi connectivity index (χ3v) is 2.95. The number of anilines is 1. The Morgan fingerprint density at radius 1 is 1.42 bits per heavy atom. The van der Waals surface area contributed by atoms with Crippen LogP contribution in [0.4, 0.5) is 5.69 Å². The van der Waals surface area contributed by atoms with Crippen LogP contribution >= 0.6 is 0 Å². The first-order valence-corrected chi connectivity index (χ1v) is 6.68. The number of ether oxygens (including phenoxy) is 1. The van der Waals surface area contributed by atoms with Crippen LogP contribution in [0.3, 0.4) is 0 Å². The van der Waals surface area contributed by atoms with Crippen LogP contribution in [0.1, 0.15) is 26.3 Å². The van der Waals surface area contributed by atoms with Crippen LogP contribution in [0.15, 0.2) is 24.3 Å². The van der Waals surface area contributed by atoms with Gasteiger partial charge < -0.3 is 15.4 Å². The van der Waals surface area contributed by atoms with Crippen molar-refractivity contribution >= 4 is 11.6 Å². The van der Waals surface area contributed by atoms with Gasteiger partial charge in [-0.15, -0.1) is 0 Å². The summed E-state index contributed by atoms with van der Waals surface area (Å²) in [6, 6.07) is 8.20. The van der Waals surface area contributed by atoms with E-state index in [0.717, 1.165) is 13.0 Å². The van der Waals surface area contributed by atoms with Crippen molar-refractivity contribution in [1.82, 2.24) is 5.32 Å². The minimum Gasteiger partial charge on any atom is -0.382 e. The second kappa shape index (κ2) is 5.61. The summed E-state index contributed by atoms with van der Waals surface area (Å²) in [4.78, 5) is 11.7. The number of hydrogen-bond acceptors (Lipinski definition) is 3. The summed E-state index contributed by atoms with van der Waals surface area (Å²) in [7, 11) is 0. The third-order valence-electron chi connectivity index (χ3n) is 2.95. The Morgan fingerprint density at radius 3 is 2.89 bits per heavy atom. The smallest absolute Gasteiger partial charge is 0.246 e. The van der Waals surface area contributed by atoms with Gasteiger partial charge in [0.05, 0.1) is 6.10 Å². The standard InChI is InChI=1S/C15H22N2O2/c1-15(2,3)17-14(18)10-19-12-8-11-6-4-5-7-13(11)16-9-12/h4-7,12,16H,8-10H2,1-3H3,(H,17,18). The van der Waals surface area contributed by atoms with Crippen LogP contribution in [0, 0.1) is 0 Å². The summed E-state index contributed by atoms with van der Waals surface area (Å²) in [5.74, 6) is -0.0636. The van der Waals surface area contributed by atoms with Crippen molar-refractivity contribution in [2.24, 2.45) is 0 Å². The topological polar surface area (TPSA) is 50.4 Å². The van der Waals surface area contributed by atoms with E-state index in [1.807, 2.05) is 32.9 Å². The van der Waals surface area contributed by atoms with E-state index in [1.54, 1.807) is 0 Å². The van der Waals surface area contributed by atoms with Crippen LogP contribution in [-0.2, 0) is 16.0 Å². The maximum Gasteiger partial charge on any atom is 0.246 e. The Hall–Kier alpha value is -1.55. The first-order chi connectivity index (χ1) is 8.94. The van der Waals surface area contributed by atoms with Gasteiger partial charge in [0.1, 0.15) is 6.61 Å². The molecule has 0 aliphatic carbocycles. The molecule has 0 spiro atoms. The van der Waals surface area contributed by atoms with Gasteiger partial charge in [0, 0.05) is 24.2 Å². The van der Waals surface area contributed by atoms with Gasteiger partial charge in [-0.05, 0) is 32.4 Å². The minimum atomic E-state index is -0.210. The molecule has 19 heavy (non-hydrogen) atoms. The number of rotatable bonds is 3. The quantitative estimate of drug-likeness (QED) is 0.875. The zero-order valence-corrected chi connectivity index (χ0v) is 11.8. The molecule has 2 N–H and O–H groups in total. The Morgan fingerprint density at radius 2 is 2.16 bits per heavy atom. The lowest BCUT2D eigenvalue weighted by atomic mass is 10.0. The van der Waals surface area contributed by atoms with Crippen LogP contribution in [0.2, 0.25) is 0 Å². The Balaban J connectivity index is 1.81. The predicted octanol–water partition coefficient (Wildman–Crippen LogP) is 1.95. The molecule has 1 aromatic carbocycles. The predicted molar refractivity (Wildman–Crippen MR) is 76.3 cm³/mol. The maximum absolute atomic E-state index is 11.7. The number of amides is 1. The fourth-order valence-electron chi connectivity index (χ4n) is 2.18. The third kappa shape index (κ3) is 4.24. The molecule has 104 valence electrons. The molecule has 0 radical (unpaired) electrons. The summed E-state index contributed by atoms with van der Waals surface area (Å²) >= 11 is 0. The molecule has 1 aliphatic rings. The van der Waals surface area contributed by atoms with E-state index < -0.39 is 0 Å². The molecule has 0 fully saturated rings. The number of nitrogens with one attached hydrogen (secondary N) is 2. The average molecular weight is 262 g/mol. The molecule has 1 heterocycles. The molecular formula is C15H22N2O2. The van der Waals surface area contributed by atoms with Crippen molar-refractivity contribution in [3.05, 3.63) is 29.8 Å². The largest absolute Gasteiger partial charge is 0.382 e. The van der Waals surface area contributed by atoms with Crippen molar-refractivity contribution in [3.8, 4) is 0 Å². The SMILES string of the molecule is CC(C)(C)NC(=O)COC1CNc2ccccc2C1. The Bertz CT molecular complexity index is 452. The molecule has 1 aromatic rings. The van der Waals surface area contributed by atoms with Gasteiger partial charge in [0.2, 0.25) is 5.91 Å². The van der Waals surface area contributed by atoms with E-state index in [4.69, 9.17) is 4.74 Å². The summed E-state index contributed by atoms with van der Waals surface area (Å²) in [5, 5.41) is 6.22. The van der Waals surface area contributed by atoms with Gasteiger partial charge in [-0.25, -0.2) is 0 Å². The van der Waals surface area contributed by atoms with Gasteiger partial charge >= 0.3 is 0 Å².